The lowest BCUT2D eigenvalue weighted by Gasteiger charge is -2.30. The zero-order valence-corrected chi connectivity index (χ0v) is 16.3. The van der Waals surface area contributed by atoms with Crippen molar-refractivity contribution in [3.05, 3.63) is 41.7 Å². The SMILES string of the molecule is CN(C)CCNC(=O)C1CCN(c2nc(Cc3ccccc3)ns2)CC1. The number of likely N-dealkylation sites (N-methyl/N-ethyl adjacent to an activating group) is 1. The fourth-order valence-corrected chi connectivity index (χ4v) is 3.84. The van der Waals surface area contributed by atoms with Crippen molar-refractivity contribution in [1.29, 1.82) is 0 Å². The summed E-state index contributed by atoms with van der Waals surface area (Å²) in [4.78, 5) is 21.3. The van der Waals surface area contributed by atoms with Gasteiger partial charge >= 0.3 is 0 Å². The zero-order chi connectivity index (χ0) is 18.4. The Morgan fingerprint density at radius 3 is 2.69 bits per heavy atom. The van der Waals surface area contributed by atoms with Gasteiger partial charge in [-0.1, -0.05) is 30.3 Å². The molecular formula is C19H27N5OS. The molecule has 0 saturated carbocycles. The third-order valence-electron chi connectivity index (χ3n) is 4.66. The van der Waals surface area contributed by atoms with Gasteiger partial charge in [0.2, 0.25) is 11.0 Å². The summed E-state index contributed by atoms with van der Waals surface area (Å²) in [6.07, 6.45) is 2.52. The highest BCUT2D eigenvalue weighted by Crippen LogP contribution is 2.25. The minimum Gasteiger partial charge on any atom is -0.355 e. The summed E-state index contributed by atoms with van der Waals surface area (Å²) in [5, 5.41) is 4.02. The number of hydrogen-bond donors (Lipinski definition) is 1. The van der Waals surface area contributed by atoms with Gasteiger partial charge in [-0.3, -0.25) is 4.79 Å². The van der Waals surface area contributed by atoms with Crippen LogP contribution < -0.4 is 10.2 Å². The summed E-state index contributed by atoms with van der Waals surface area (Å²) in [7, 11) is 4.03. The first-order valence-corrected chi connectivity index (χ1v) is 9.93. The van der Waals surface area contributed by atoms with E-state index >= 15 is 0 Å². The van der Waals surface area contributed by atoms with E-state index in [1.54, 1.807) is 0 Å². The molecule has 0 unspecified atom stereocenters. The third-order valence-corrected chi connectivity index (χ3v) is 5.47. The lowest BCUT2D eigenvalue weighted by molar-refractivity contribution is -0.125. The highest BCUT2D eigenvalue weighted by Gasteiger charge is 2.26. The first-order valence-electron chi connectivity index (χ1n) is 9.15. The Morgan fingerprint density at radius 2 is 2.00 bits per heavy atom. The van der Waals surface area contributed by atoms with Gasteiger partial charge in [0.1, 0.15) is 5.82 Å². The molecular weight excluding hydrogens is 346 g/mol. The minimum absolute atomic E-state index is 0.116. The quantitative estimate of drug-likeness (QED) is 0.805. The lowest BCUT2D eigenvalue weighted by Crippen LogP contribution is -2.42. The Labute approximate surface area is 159 Å². The number of anilines is 1. The molecule has 1 aliphatic heterocycles. The van der Waals surface area contributed by atoms with Crippen molar-refractivity contribution >= 4 is 22.6 Å². The number of rotatable bonds is 7. The van der Waals surface area contributed by atoms with Crippen LogP contribution in [0.2, 0.25) is 0 Å². The van der Waals surface area contributed by atoms with Crippen LogP contribution in [-0.4, -0.2) is 60.4 Å². The molecule has 26 heavy (non-hydrogen) atoms. The number of benzene rings is 1. The van der Waals surface area contributed by atoms with E-state index in [1.165, 1.54) is 17.1 Å². The van der Waals surface area contributed by atoms with E-state index < -0.39 is 0 Å². The van der Waals surface area contributed by atoms with Gasteiger partial charge in [0, 0.05) is 50.1 Å². The van der Waals surface area contributed by atoms with Gasteiger partial charge in [-0.25, -0.2) is 4.98 Å². The molecule has 7 heteroatoms. The number of carbonyl (C=O) groups is 1. The van der Waals surface area contributed by atoms with Crippen LogP contribution >= 0.6 is 11.5 Å². The second-order valence-electron chi connectivity index (χ2n) is 7.01. The van der Waals surface area contributed by atoms with E-state index in [-0.39, 0.29) is 11.8 Å². The predicted octanol–water partition coefficient (Wildman–Crippen LogP) is 2.02. The predicted molar refractivity (Wildman–Crippen MR) is 106 cm³/mol. The van der Waals surface area contributed by atoms with Crippen molar-refractivity contribution in [3.8, 4) is 0 Å². The van der Waals surface area contributed by atoms with Crippen LogP contribution in [0.3, 0.4) is 0 Å². The normalized spacial score (nSPS) is 15.4. The highest BCUT2D eigenvalue weighted by molar-refractivity contribution is 7.09. The topological polar surface area (TPSA) is 61.4 Å². The van der Waals surface area contributed by atoms with Crippen molar-refractivity contribution < 1.29 is 4.79 Å². The first kappa shape index (κ1) is 18.8. The van der Waals surface area contributed by atoms with Crippen molar-refractivity contribution in [3.63, 3.8) is 0 Å². The first-order chi connectivity index (χ1) is 12.6. The van der Waals surface area contributed by atoms with E-state index in [0.29, 0.717) is 6.54 Å². The Morgan fingerprint density at radius 1 is 1.27 bits per heavy atom. The second kappa shape index (κ2) is 9.09. The van der Waals surface area contributed by atoms with Gasteiger partial charge in [-0.05, 0) is 32.5 Å². The minimum atomic E-state index is 0.116. The van der Waals surface area contributed by atoms with Gasteiger partial charge in [0.25, 0.3) is 0 Å². The molecule has 6 nitrogen and oxygen atoms in total. The van der Waals surface area contributed by atoms with E-state index in [4.69, 9.17) is 4.98 Å². The molecule has 1 saturated heterocycles. The van der Waals surface area contributed by atoms with Crippen molar-refractivity contribution in [1.82, 2.24) is 19.6 Å². The van der Waals surface area contributed by atoms with Gasteiger partial charge < -0.3 is 15.1 Å². The van der Waals surface area contributed by atoms with Gasteiger partial charge in [0.15, 0.2) is 0 Å². The fraction of sp³-hybridized carbons (Fsp3) is 0.526. The van der Waals surface area contributed by atoms with Crippen molar-refractivity contribution in [2.45, 2.75) is 19.3 Å². The maximum Gasteiger partial charge on any atom is 0.223 e. The molecule has 0 spiro atoms. The molecule has 140 valence electrons. The second-order valence-corrected chi connectivity index (χ2v) is 7.74. The average Bonchev–Trinajstić information content (AvgIpc) is 3.11. The number of amides is 1. The van der Waals surface area contributed by atoms with Gasteiger partial charge in [0.05, 0.1) is 0 Å². The molecule has 1 fully saturated rings. The standard InChI is InChI=1S/C19H27N5OS/c1-23(2)13-10-20-18(25)16-8-11-24(12-9-16)19-21-17(22-26-19)14-15-6-4-3-5-7-15/h3-7,16H,8-14H2,1-2H3,(H,20,25). The van der Waals surface area contributed by atoms with Crippen molar-refractivity contribution in [2.24, 2.45) is 5.92 Å². The van der Waals surface area contributed by atoms with E-state index in [1.807, 2.05) is 32.3 Å². The smallest absolute Gasteiger partial charge is 0.223 e. The van der Waals surface area contributed by atoms with Crippen LogP contribution in [0, 0.1) is 5.92 Å². The van der Waals surface area contributed by atoms with E-state index in [9.17, 15) is 4.79 Å². The maximum absolute atomic E-state index is 12.3. The largest absolute Gasteiger partial charge is 0.355 e. The molecule has 1 N–H and O–H groups in total. The lowest BCUT2D eigenvalue weighted by atomic mass is 9.96. The molecule has 3 rings (SSSR count). The summed E-state index contributed by atoms with van der Waals surface area (Å²) in [6, 6.07) is 10.3. The van der Waals surface area contributed by atoms with E-state index in [0.717, 1.165) is 49.9 Å². The fourth-order valence-electron chi connectivity index (χ4n) is 3.10. The van der Waals surface area contributed by atoms with Gasteiger partial charge in [-0.15, -0.1) is 0 Å². The molecule has 0 aliphatic carbocycles. The van der Waals surface area contributed by atoms with Crippen LogP contribution in [0.15, 0.2) is 30.3 Å². The van der Waals surface area contributed by atoms with Crippen molar-refractivity contribution in [2.75, 3.05) is 45.2 Å². The Kier molecular flexibility index (Phi) is 6.57. The molecule has 1 amide bonds. The number of piperidine rings is 1. The summed E-state index contributed by atoms with van der Waals surface area (Å²) in [5.74, 6) is 1.18. The van der Waals surface area contributed by atoms with Gasteiger partial charge in [-0.2, -0.15) is 4.37 Å². The number of nitrogens with zero attached hydrogens (tertiary/aromatic N) is 4. The number of carbonyl (C=O) groups excluding carboxylic acids is 1. The van der Waals surface area contributed by atoms with Crippen LogP contribution in [-0.2, 0) is 11.2 Å². The Bertz CT molecular complexity index is 695. The molecule has 0 radical (unpaired) electrons. The van der Waals surface area contributed by atoms with Crippen LogP contribution in [0.1, 0.15) is 24.2 Å². The Balaban J connectivity index is 1.47. The number of nitrogens with one attached hydrogen (secondary N) is 1. The highest BCUT2D eigenvalue weighted by atomic mass is 32.1. The Hall–Kier alpha value is -1.99. The average molecular weight is 374 g/mol. The van der Waals surface area contributed by atoms with Crippen LogP contribution in [0.5, 0.6) is 0 Å². The molecule has 1 aromatic heterocycles. The summed E-state index contributed by atoms with van der Waals surface area (Å²) >= 11 is 1.46. The number of aromatic nitrogens is 2. The van der Waals surface area contributed by atoms with Crippen LogP contribution in [0.25, 0.3) is 0 Å². The summed E-state index contributed by atoms with van der Waals surface area (Å²) in [5.41, 5.74) is 1.23. The van der Waals surface area contributed by atoms with Crippen LogP contribution in [0.4, 0.5) is 5.13 Å². The van der Waals surface area contributed by atoms with E-state index in [2.05, 4.69) is 31.6 Å². The molecule has 2 heterocycles. The molecule has 2 aromatic rings. The third kappa shape index (κ3) is 5.25. The number of hydrogen-bond acceptors (Lipinski definition) is 6. The molecule has 0 bridgehead atoms. The summed E-state index contributed by atoms with van der Waals surface area (Å²) < 4.78 is 4.50. The molecule has 0 atom stereocenters. The monoisotopic (exact) mass is 373 g/mol. The maximum atomic E-state index is 12.3. The molecule has 1 aliphatic rings. The zero-order valence-electron chi connectivity index (χ0n) is 15.5. The molecule has 1 aromatic carbocycles. The summed E-state index contributed by atoms with van der Waals surface area (Å²) in [6.45, 7) is 3.32.